The first kappa shape index (κ1) is 14.3. The number of anilines is 1. The molecule has 0 unspecified atom stereocenters. The summed E-state index contributed by atoms with van der Waals surface area (Å²) >= 11 is 5.77. The number of benzene rings is 2. The molecule has 20 heavy (non-hydrogen) atoms. The maximum Gasteiger partial charge on any atom is 0.248 e. The van der Waals surface area contributed by atoms with Gasteiger partial charge in [-0.25, -0.2) is 4.39 Å². The number of nitrogens with one attached hydrogen (secondary N) is 1. The molecular weight excluding hydrogens is 277 g/mol. The normalized spacial score (nSPS) is 10.8. The van der Waals surface area contributed by atoms with E-state index in [-0.39, 0.29) is 11.6 Å². The molecule has 0 aliphatic rings. The van der Waals surface area contributed by atoms with Gasteiger partial charge in [0.25, 0.3) is 0 Å². The van der Waals surface area contributed by atoms with Crippen molar-refractivity contribution in [3.05, 3.63) is 70.5 Å². The molecule has 0 bridgehead atoms. The van der Waals surface area contributed by atoms with Crippen LogP contribution in [0, 0.1) is 12.7 Å². The molecule has 0 saturated heterocycles. The van der Waals surface area contributed by atoms with Gasteiger partial charge in [0.2, 0.25) is 5.91 Å². The maximum atomic E-state index is 13.5. The highest BCUT2D eigenvalue weighted by atomic mass is 35.5. The van der Waals surface area contributed by atoms with Crippen molar-refractivity contribution in [1.29, 1.82) is 0 Å². The Morgan fingerprint density at radius 3 is 2.60 bits per heavy atom. The smallest absolute Gasteiger partial charge is 0.248 e. The van der Waals surface area contributed by atoms with Crippen LogP contribution in [-0.4, -0.2) is 5.91 Å². The van der Waals surface area contributed by atoms with Crippen molar-refractivity contribution in [2.24, 2.45) is 0 Å². The minimum atomic E-state index is -0.455. The minimum Gasteiger partial charge on any atom is -0.320 e. The van der Waals surface area contributed by atoms with Crippen LogP contribution >= 0.6 is 11.6 Å². The summed E-state index contributed by atoms with van der Waals surface area (Å²) in [7, 11) is 0. The lowest BCUT2D eigenvalue weighted by Gasteiger charge is -2.04. The molecule has 4 heteroatoms. The first-order valence-electron chi connectivity index (χ1n) is 6.05. The van der Waals surface area contributed by atoms with Crippen molar-refractivity contribution in [2.75, 3.05) is 5.32 Å². The quantitative estimate of drug-likeness (QED) is 0.832. The van der Waals surface area contributed by atoms with Gasteiger partial charge >= 0.3 is 0 Å². The van der Waals surface area contributed by atoms with E-state index in [1.165, 1.54) is 12.1 Å². The van der Waals surface area contributed by atoms with E-state index >= 15 is 0 Å². The number of amides is 1. The molecular formula is C16H13ClFNO. The average Bonchev–Trinajstić information content (AvgIpc) is 2.42. The van der Waals surface area contributed by atoms with Crippen molar-refractivity contribution in [1.82, 2.24) is 0 Å². The summed E-state index contributed by atoms with van der Waals surface area (Å²) in [6.07, 6.45) is 2.99. The van der Waals surface area contributed by atoms with E-state index in [1.54, 1.807) is 42.5 Å². The molecule has 102 valence electrons. The van der Waals surface area contributed by atoms with E-state index in [4.69, 9.17) is 11.6 Å². The second kappa shape index (κ2) is 6.35. The monoisotopic (exact) mass is 289 g/mol. The first-order chi connectivity index (χ1) is 9.54. The number of rotatable bonds is 3. The van der Waals surface area contributed by atoms with Crippen molar-refractivity contribution in [3.8, 4) is 0 Å². The van der Waals surface area contributed by atoms with Crippen LogP contribution in [0.4, 0.5) is 10.1 Å². The number of carbonyl (C=O) groups is 1. The molecule has 0 aliphatic carbocycles. The van der Waals surface area contributed by atoms with E-state index in [1.807, 2.05) is 6.92 Å². The van der Waals surface area contributed by atoms with Crippen molar-refractivity contribution >= 4 is 29.3 Å². The lowest BCUT2D eigenvalue weighted by atomic mass is 10.2. The van der Waals surface area contributed by atoms with Crippen LogP contribution in [0.15, 0.2) is 48.5 Å². The molecule has 0 heterocycles. The molecule has 0 radical (unpaired) electrons. The largest absolute Gasteiger partial charge is 0.320 e. The summed E-state index contributed by atoms with van der Waals surface area (Å²) in [5, 5.41) is 3.14. The minimum absolute atomic E-state index is 0.177. The third kappa shape index (κ3) is 3.93. The summed E-state index contributed by atoms with van der Waals surface area (Å²) in [6.45, 7) is 1.83. The van der Waals surface area contributed by atoms with Gasteiger partial charge in [0.05, 0.1) is 5.69 Å². The summed E-state index contributed by atoms with van der Waals surface area (Å²) in [5.41, 5.74) is 1.90. The Morgan fingerprint density at radius 2 is 1.90 bits per heavy atom. The van der Waals surface area contributed by atoms with E-state index in [0.717, 1.165) is 11.1 Å². The third-order valence-corrected chi connectivity index (χ3v) is 2.93. The van der Waals surface area contributed by atoms with Gasteiger partial charge in [-0.1, -0.05) is 29.8 Å². The van der Waals surface area contributed by atoms with Crippen LogP contribution in [0.3, 0.4) is 0 Å². The summed E-state index contributed by atoms with van der Waals surface area (Å²) in [6, 6.07) is 11.6. The molecule has 1 N–H and O–H groups in total. The molecule has 2 aromatic carbocycles. The Hall–Kier alpha value is -2.13. The molecule has 0 saturated carbocycles. The van der Waals surface area contributed by atoms with Gasteiger partial charge in [0, 0.05) is 11.1 Å². The number of hydrogen-bond acceptors (Lipinski definition) is 1. The molecule has 0 aromatic heterocycles. The lowest BCUT2D eigenvalue weighted by Crippen LogP contribution is -2.09. The third-order valence-electron chi connectivity index (χ3n) is 2.68. The Kier molecular flexibility index (Phi) is 4.53. The number of carbonyl (C=O) groups excluding carboxylic acids is 1. The summed E-state index contributed by atoms with van der Waals surface area (Å²) < 4.78 is 13.5. The zero-order chi connectivity index (χ0) is 14.5. The van der Waals surface area contributed by atoms with Crippen LogP contribution in [0.1, 0.15) is 11.1 Å². The molecule has 0 aliphatic heterocycles. The van der Waals surface area contributed by atoms with Crippen molar-refractivity contribution in [3.63, 3.8) is 0 Å². The fourth-order valence-corrected chi connectivity index (χ4v) is 1.78. The maximum absolute atomic E-state index is 13.5. The SMILES string of the molecule is Cc1ccc(F)c(NC(=O)/C=C/c2ccc(Cl)cc2)c1. The molecule has 1 amide bonds. The van der Waals surface area contributed by atoms with E-state index < -0.39 is 5.82 Å². The van der Waals surface area contributed by atoms with Gasteiger partial charge in [0.1, 0.15) is 5.82 Å². The lowest BCUT2D eigenvalue weighted by molar-refractivity contribution is -0.111. The molecule has 2 nitrogen and oxygen atoms in total. The standard InChI is InChI=1S/C16H13ClFNO/c1-11-2-8-14(18)15(10-11)19-16(20)9-5-12-3-6-13(17)7-4-12/h2-10H,1H3,(H,19,20)/b9-5+. The molecule has 0 fully saturated rings. The first-order valence-corrected chi connectivity index (χ1v) is 6.43. The average molecular weight is 290 g/mol. The summed E-state index contributed by atoms with van der Waals surface area (Å²) in [4.78, 5) is 11.7. The van der Waals surface area contributed by atoms with Crippen LogP contribution in [0.2, 0.25) is 5.02 Å². The Labute approximate surface area is 121 Å². The van der Waals surface area contributed by atoms with E-state index in [9.17, 15) is 9.18 Å². The van der Waals surface area contributed by atoms with Crippen molar-refractivity contribution < 1.29 is 9.18 Å². The number of halogens is 2. The van der Waals surface area contributed by atoms with Crippen molar-refractivity contribution in [2.45, 2.75) is 6.92 Å². The Bertz CT molecular complexity index is 650. The number of aryl methyl sites for hydroxylation is 1. The summed E-state index contributed by atoms with van der Waals surface area (Å²) in [5.74, 6) is -0.840. The molecule has 0 spiro atoms. The van der Waals surface area contributed by atoms with Crippen LogP contribution in [-0.2, 0) is 4.79 Å². The van der Waals surface area contributed by atoms with Gasteiger partial charge < -0.3 is 5.32 Å². The zero-order valence-electron chi connectivity index (χ0n) is 10.9. The van der Waals surface area contributed by atoms with Gasteiger partial charge in [-0.2, -0.15) is 0 Å². The highest BCUT2D eigenvalue weighted by Gasteiger charge is 2.04. The predicted molar refractivity (Wildman–Crippen MR) is 80.3 cm³/mol. The zero-order valence-corrected chi connectivity index (χ0v) is 11.6. The van der Waals surface area contributed by atoms with Gasteiger partial charge in [-0.05, 0) is 48.4 Å². The number of hydrogen-bond donors (Lipinski definition) is 1. The fourth-order valence-electron chi connectivity index (χ4n) is 1.66. The molecule has 2 aromatic rings. The Balaban J connectivity index is 2.05. The van der Waals surface area contributed by atoms with Gasteiger partial charge in [0.15, 0.2) is 0 Å². The second-order valence-electron chi connectivity index (χ2n) is 4.36. The van der Waals surface area contributed by atoms with E-state index in [0.29, 0.717) is 5.02 Å². The van der Waals surface area contributed by atoms with Crippen LogP contribution in [0.25, 0.3) is 6.08 Å². The van der Waals surface area contributed by atoms with Crippen LogP contribution < -0.4 is 5.32 Å². The van der Waals surface area contributed by atoms with Gasteiger partial charge in [-0.15, -0.1) is 0 Å². The Morgan fingerprint density at radius 1 is 1.20 bits per heavy atom. The highest BCUT2D eigenvalue weighted by molar-refractivity contribution is 6.30. The molecule has 0 atom stereocenters. The highest BCUT2D eigenvalue weighted by Crippen LogP contribution is 2.16. The molecule has 2 rings (SSSR count). The second-order valence-corrected chi connectivity index (χ2v) is 4.79. The van der Waals surface area contributed by atoms with E-state index in [2.05, 4.69) is 5.32 Å². The topological polar surface area (TPSA) is 29.1 Å². The fraction of sp³-hybridized carbons (Fsp3) is 0.0625. The predicted octanol–water partition coefficient (Wildman–Crippen LogP) is 4.44. The van der Waals surface area contributed by atoms with Crippen LogP contribution in [0.5, 0.6) is 0 Å². The van der Waals surface area contributed by atoms with Gasteiger partial charge in [-0.3, -0.25) is 4.79 Å².